The molecule has 16 aromatic rings. The minimum absolute atomic E-state index is 0.0816. The molecule has 2 atom stereocenters. The summed E-state index contributed by atoms with van der Waals surface area (Å²) in [4.78, 5) is 79.8. The van der Waals surface area contributed by atoms with Gasteiger partial charge in [-0.05, 0) is 270 Å². The SMILES string of the molecule is Cc1nccc(-n2ccc3cc(C4(N)CC4)ccc32)n1.Cc1nccc(-n2ccc3cc(C4(NC(=O)c5ccc(F)cc5)CC4)ccc32)n1.Cc1nccc(Cl)n1.Cc1nccc(N2c3ccc(C4(NC(=O)c5ccc(F)cc5)CC4)cc3C3CC32)n1.[C-]#[N+]c1ccc2[nH]ccc2c1.[C-]#[N+]c1ccc2c(ccn2-c2ccnc(C)n2)c1. The lowest BCUT2D eigenvalue weighted by Gasteiger charge is -2.23. The number of benzene rings is 7. The van der Waals surface area contributed by atoms with Crippen LogP contribution in [0.3, 0.4) is 0 Å². The molecule has 2 amide bonds. The van der Waals surface area contributed by atoms with Gasteiger partial charge in [-0.25, -0.2) is 68.3 Å². The molecule has 7 aromatic carbocycles. The van der Waals surface area contributed by atoms with E-state index in [1.54, 1.807) is 37.8 Å². The molecule has 0 radical (unpaired) electrons. The highest BCUT2D eigenvalue weighted by atomic mass is 35.5. The maximum absolute atomic E-state index is 13.2. The molecule has 4 fully saturated rings. The number of aromatic amines is 1. The first-order chi connectivity index (χ1) is 56.2. The standard InChI is InChI=1S/C24H21FN4O.C23H19FN4O.C16H16N4.C14H10N4.C9H6N2.C5H5ClN2/c1-14-26-11-8-22(27-14)29-20-7-4-16(12-18(20)19-13-21(19)29)24(9-10-24)28-23(30)15-2-5-17(25)6-3-15;1-15-25-12-8-21(26-15)28-13-9-17-14-18(4-7-20(17)28)23(10-11-23)27-22(29)16-2-5-19(24)6-3-16;1-11-18-8-4-15(19-11)20-9-5-12-10-13(2-3-14(12)20)16(17)6-7-16;1-10-16-7-5-14(17-10)18-8-6-11-9-12(15-2)3-4-13(11)18;1-10-8-2-3-9-7(6-8)4-5-11-9;1-4-7-3-2-5(6)8-4/h2-8,11-12,19,21H,9-10,13H2,1H3,(H,28,30);2-9,12-14H,10-11H2,1H3,(H,27,29);2-5,8-10H,6-7,17H2,1H3;3-9H,1H3;2-6,11H;2-3H,1H3. The lowest BCUT2D eigenvalue weighted by Crippen LogP contribution is -2.34. The number of aryl methyl sites for hydroxylation is 5. The van der Waals surface area contributed by atoms with Crippen LogP contribution in [0.15, 0.2) is 250 Å². The fourth-order valence-electron chi connectivity index (χ4n) is 14.6. The average Bonchev–Trinajstić information content (AvgIpc) is 1.53. The highest BCUT2D eigenvalue weighted by Gasteiger charge is 2.54. The number of H-pyrrole nitrogens is 1. The first kappa shape index (κ1) is 75.9. The van der Waals surface area contributed by atoms with Gasteiger partial charge in [0.2, 0.25) is 0 Å². The number of hydrogen-bond donors (Lipinski definition) is 4. The summed E-state index contributed by atoms with van der Waals surface area (Å²) < 4.78 is 32.4. The van der Waals surface area contributed by atoms with Crippen molar-refractivity contribution in [2.75, 3.05) is 4.90 Å². The van der Waals surface area contributed by atoms with Gasteiger partial charge in [0.05, 0.1) is 40.8 Å². The van der Waals surface area contributed by atoms with Crippen LogP contribution in [-0.2, 0) is 16.6 Å². The van der Waals surface area contributed by atoms with Gasteiger partial charge in [-0.15, -0.1) is 0 Å². The Kier molecular flexibility index (Phi) is 20.8. The van der Waals surface area contributed by atoms with Crippen LogP contribution in [0.2, 0.25) is 5.15 Å². The van der Waals surface area contributed by atoms with Gasteiger partial charge in [0.25, 0.3) is 11.8 Å². The van der Waals surface area contributed by atoms with E-state index >= 15 is 0 Å². The largest absolute Gasteiger partial charge is 0.361 e. The Morgan fingerprint density at radius 1 is 0.466 bits per heavy atom. The second-order valence-corrected chi connectivity index (χ2v) is 29.8. The Morgan fingerprint density at radius 3 is 1.34 bits per heavy atom. The zero-order valence-electron chi connectivity index (χ0n) is 64.0. The van der Waals surface area contributed by atoms with Crippen LogP contribution in [0.25, 0.3) is 70.8 Å². The van der Waals surface area contributed by atoms with Crippen molar-refractivity contribution >= 4 is 89.9 Å². The van der Waals surface area contributed by atoms with E-state index in [1.165, 1.54) is 70.7 Å². The van der Waals surface area contributed by atoms with Gasteiger partial charge in [-0.3, -0.25) is 9.59 Å². The third-order valence-electron chi connectivity index (χ3n) is 21.3. The number of carbonyl (C=O) groups is 2. The number of anilines is 2. The summed E-state index contributed by atoms with van der Waals surface area (Å²) in [6, 6.07) is 59.7. The molecule has 0 spiro atoms. The molecule has 21 rings (SSSR count). The summed E-state index contributed by atoms with van der Waals surface area (Å²) in [7, 11) is 0. The molecular weight excluding hydrogens is 1480 g/mol. The van der Waals surface area contributed by atoms with Crippen molar-refractivity contribution < 1.29 is 18.4 Å². The Balaban J connectivity index is 0.000000109. The average molecular weight is 1560 g/mol. The molecule has 4 aliphatic carbocycles. The van der Waals surface area contributed by atoms with Crippen LogP contribution >= 0.6 is 11.6 Å². The molecule has 574 valence electrons. The Morgan fingerprint density at radius 2 is 0.879 bits per heavy atom. The minimum atomic E-state index is -0.354. The number of amides is 2. The lowest BCUT2D eigenvalue weighted by atomic mass is 9.98. The van der Waals surface area contributed by atoms with Gasteiger partial charge < -0.3 is 40.0 Å². The summed E-state index contributed by atoms with van der Waals surface area (Å²) >= 11 is 5.49. The minimum Gasteiger partial charge on any atom is -0.361 e. The number of rotatable bonds is 11. The van der Waals surface area contributed by atoms with Gasteiger partial charge in [-0.2, -0.15) is 0 Å². The number of nitrogens with zero attached hydrogens (tertiary/aromatic N) is 16. The van der Waals surface area contributed by atoms with E-state index in [4.69, 9.17) is 30.5 Å². The van der Waals surface area contributed by atoms with Crippen molar-refractivity contribution in [2.24, 2.45) is 5.73 Å². The van der Waals surface area contributed by atoms with Crippen LogP contribution < -0.4 is 21.3 Å². The molecular formula is C91H77ClF2N20O2. The third kappa shape index (κ3) is 16.6. The van der Waals surface area contributed by atoms with E-state index in [0.29, 0.717) is 45.4 Å². The zero-order chi connectivity index (χ0) is 80.4. The molecule has 1 aliphatic heterocycles. The van der Waals surface area contributed by atoms with Crippen molar-refractivity contribution in [1.29, 1.82) is 0 Å². The van der Waals surface area contributed by atoms with E-state index in [1.807, 2.05) is 147 Å². The van der Waals surface area contributed by atoms with Crippen LogP contribution in [0, 0.1) is 59.4 Å². The maximum atomic E-state index is 13.2. The van der Waals surface area contributed by atoms with Crippen molar-refractivity contribution in [3.8, 4) is 17.5 Å². The van der Waals surface area contributed by atoms with Crippen molar-refractivity contribution in [2.45, 2.75) is 108 Å². The van der Waals surface area contributed by atoms with E-state index in [-0.39, 0.29) is 40.1 Å². The maximum Gasteiger partial charge on any atom is 0.251 e. The smallest absolute Gasteiger partial charge is 0.251 e. The number of hydrogen-bond acceptors (Lipinski definition) is 14. The number of carbonyl (C=O) groups excluding carboxylic acids is 2. The highest BCUT2D eigenvalue weighted by Crippen LogP contribution is 2.60. The first-order valence-corrected chi connectivity index (χ1v) is 38.3. The quantitative estimate of drug-likeness (QED) is 0.0694. The summed E-state index contributed by atoms with van der Waals surface area (Å²) in [5, 5.41) is 11.3. The normalized spacial score (nSPS) is 15.5. The summed E-state index contributed by atoms with van der Waals surface area (Å²) in [5.74, 6) is 6.73. The highest BCUT2D eigenvalue weighted by molar-refractivity contribution is 6.29. The van der Waals surface area contributed by atoms with Crippen molar-refractivity contribution in [3.63, 3.8) is 0 Å². The van der Waals surface area contributed by atoms with Gasteiger partial charge in [0.1, 0.15) is 69.2 Å². The molecule has 0 saturated heterocycles. The first-order valence-electron chi connectivity index (χ1n) is 37.9. The monoisotopic (exact) mass is 1550 g/mol. The Hall–Kier alpha value is -14.1. The second-order valence-electron chi connectivity index (χ2n) is 29.4. The van der Waals surface area contributed by atoms with Crippen LogP contribution in [-0.4, -0.2) is 86.4 Å². The summed E-state index contributed by atoms with van der Waals surface area (Å²) in [6.07, 6.45) is 23.5. The molecule has 10 heterocycles. The summed E-state index contributed by atoms with van der Waals surface area (Å²) in [5.41, 5.74) is 18.2. The fourth-order valence-corrected chi connectivity index (χ4v) is 14.8. The Labute approximate surface area is 671 Å². The van der Waals surface area contributed by atoms with Crippen molar-refractivity contribution in [1.82, 2.24) is 79.2 Å². The fraction of sp³-hybridized carbons (Fsp3) is 0.187. The zero-order valence-corrected chi connectivity index (χ0v) is 64.7. The number of aromatic nitrogens is 14. The van der Waals surface area contributed by atoms with Gasteiger partial charge in [0.15, 0.2) is 11.4 Å². The van der Waals surface area contributed by atoms with Crippen LogP contribution in [0.1, 0.15) is 123 Å². The van der Waals surface area contributed by atoms with E-state index < -0.39 is 0 Å². The van der Waals surface area contributed by atoms with Gasteiger partial charge >= 0.3 is 0 Å². The molecule has 9 aromatic heterocycles. The third-order valence-corrected chi connectivity index (χ3v) is 21.5. The van der Waals surface area contributed by atoms with E-state index in [0.717, 1.165) is 141 Å². The van der Waals surface area contributed by atoms with E-state index in [9.17, 15) is 18.4 Å². The predicted octanol–water partition coefficient (Wildman–Crippen LogP) is 18.8. The van der Waals surface area contributed by atoms with Crippen LogP contribution in [0.5, 0.6) is 0 Å². The van der Waals surface area contributed by atoms with E-state index in [2.05, 4.69) is 145 Å². The summed E-state index contributed by atoms with van der Waals surface area (Å²) in [6.45, 7) is 23.1. The molecule has 2 unspecified atom stereocenters. The van der Waals surface area contributed by atoms with Gasteiger partial charge in [0, 0.05) is 106 Å². The van der Waals surface area contributed by atoms with Gasteiger partial charge in [-0.1, -0.05) is 48.0 Å². The van der Waals surface area contributed by atoms with Crippen molar-refractivity contribution in [3.05, 3.63) is 352 Å². The molecule has 116 heavy (non-hydrogen) atoms. The second kappa shape index (κ2) is 31.8. The molecule has 0 bridgehead atoms. The molecule has 22 nitrogen and oxygen atoms in total. The lowest BCUT2D eigenvalue weighted by molar-refractivity contribution is 0.0922. The number of halogens is 3. The molecule has 4 saturated carbocycles. The topological polar surface area (TPSA) is 256 Å². The molecule has 5 aliphatic rings. The number of nitrogens with one attached hydrogen (secondary N) is 3. The molecule has 25 heteroatoms. The number of fused-ring (bicyclic) bond motifs is 7. The molecule has 5 N–H and O–H groups in total. The van der Waals surface area contributed by atoms with Crippen LogP contribution in [0.4, 0.5) is 31.7 Å². The number of nitrogens with two attached hydrogens (primary N) is 1. The predicted molar refractivity (Wildman–Crippen MR) is 445 cm³/mol. The Bertz CT molecular complexity index is 6470.